The normalized spacial score (nSPS) is 49.2. The SMILES string of the molecule is C[C@H]1N[C@@H](CO)[C@H](O)[C@H](O)[C@H]1O. The lowest BCUT2D eigenvalue weighted by Crippen LogP contribution is -2.64. The van der Waals surface area contributed by atoms with Crippen molar-refractivity contribution in [3.63, 3.8) is 0 Å². The zero-order chi connectivity index (χ0) is 9.30. The van der Waals surface area contributed by atoms with E-state index in [0.29, 0.717) is 0 Å². The Morgan fingerprint density at radius 2 is 1.67 bits per heavy atom. The van der Waals surface area contributed by atoms with Crippen molar-refractivity contribution >= 4 is 0 Å². The molecule has 1 rings (SSSR count). The predicted molar refractivity (Wildman–Crippen MR) is 41.5 cm³/mol. The average molecular weight is 177 g/mol. The molecule has 0 aliphatic carbocycles. The van der Waals surface area contributed by atoms with Gasteiger partial charge in [0.2, 0.25) is 0 Å². The van der Waals surface area contributed by atoms with E-state index in [1.54, 1.807) is 6.92 Å². The van der Waals surface area contributed by atoms with Gasteiger partial charge in [0.15, 0.2) is 0 Å². The molecule has 5 atom stereocenters. The molecule has 0 spiro atoms. The van der Waals surface area contributed by atoms with E-state index in [1.807, 2.05) is 0 Å². The number of piperidine rings is 1. The number of hydrogen-bond donors (Lipinski definition) is 5. The minimum absolute atomic E-state index is 0.255. The van der Waals surface area contributed by atoms with Gasteiger partial charge in [-0.3, -0.25) is 0 Å². The lowest BCUT2D eigenvalue weighted by molar-refractivity contribution is -0.116. The van der Waals surface area contributed by atoms with Gasteiger partial charge < -0.3 is 25.7 Å². The molecule has 72 valence electrons. The Morgan fingerprint density at radius 3 is 2.17 bits per heavy atom. The Balaban J connectivity index is 2.63. The summed E-state index contributed by atoms with van der Waals surface area (Å²) in [5.41, 5.74) is 0. The maximum absolute atomic E-state index is 9.29. The smallest absolute Gasteiger partial charge is 0.109 e. The van der Waals surface area contributed by atoms with Crippen LogP contribution in [-0.2, 0) is 0 Å². The Hall–Kier alpha value is -0.200. The number of aliphatic hydroxyl groups excluding tert-OH is 4. The summed E-state index contributed by atoms with van der Waals surface area (Å²) in [5, 5.41) is 39.4. The number of aliphatic hydroxyl groups is 4. The Morgan fingerprint density at radius 1 is 1.08 bits per heavy atom. The van der Waals surface area contributed by atoms with Gasteiger partial charge in [-0.2, -0.15) is 0 Å². The van der Waals surface area contributed by atoms with Gasteiger partial charge in [0.1, 0.15) is 6.10 Å². The van der Waals surface area contributed by atoms with Gasteiger partial charge in [-0.05, 0) is 6.92 Å². The molecule has 12 heavy (non-hydrogen) atoms. The molecule has 0 aromatic carbocycles. The van der Waals surface area contributed by atoms with Crippen LogP contribution in [0.2, 0.25) is 0 Å². The van der Waals surface area contributed by atoms with Crippen molar-refractivity contribution in [2.45, 2.75) is 37.3 Å². The van der Waals surface area contributed by atoms with Crippen LogP contribution in [0.15, 0.2) is 0 Å². The van der Waals surface area contributed by atoms with Crippen LogP contribution in [0, 0.1) is 0 Å². The van der Waals surface area contributed by atoms with Crippen LogP contribution >= 0.6 is 0 Å². The molecule has 5 N–H and O–H groups in total. The summed E-state index contributed by atoms with van der Waals surface area (Å²) in [6.07, 6.45) is -3.28. The number of rotatable bonds is 1. The molecule has 0 aromatic heterocycles. The van der Waals surface area contributed by atoms with Gasteiger partial charge in [-0.1, -0.05) is 0 Å². The highest BCUT2D eigenvalue weighted by atomic mass is 16.4. The van der Waals surface area contributed by atoms with Crippen molar-refractivity contribution in [2.75, 3.05) is 6.61 Å². The van der Waals surface area contributed by atoms with Crippen LogP contribution in [0.4, 0.5) is 0 Å². The number of nitrogens with one attached hydrogen (secondary N) is 1. The Labute approximate surface area is 70.6 Å². The molecule has 0 bridgehead atoms. The van der Waals surface area contributed by atoms with Crippen LogP contribution in [0.25, 0.3) is 0 Å². The Kier molecular flexibility index (Phi) is 3.03. The first-order valence-corrected chi connectivity index (χ1v) is 3.99. The third kappa shape index (κ3) is 1.60. The van der Waals surface area contributed by atoms with E-state index in [9.17, 15) is 15.3 Å². The lowest BCUT2D eigenvalue weighted by atomic mass is 9.91. The second kappa shape index (κ2) is 3.68. The molecule has 0 radical (unpaired) electrons. The van der Waals surface area contributed by atoms with Gasteiger partial charge in [0.05, 0.1) is 24.9 Å². The first-order valence-electron chi connectivity index (χ1n) is 3.99. The van der Waals surface area contributed by atoms with Crippen molar-refractivity contribution in [1.82, 2.24) is 5.32 Å². The molecule has 0 unspecified atom stereocenters. The standard InChI is InChI=1S/C7H15NO4/c1-3-5(10)7(12)6(11)4(2-9)8-3/h3-12H,2H2,1H3/t3-,4+,5+,6+,7-/m1/s1. The van der Waals surface area contributed by atoms with Crippen LogP contribution in [0.3, 0.4) is 0 Å². The highest BCUT2D eigenvalue weighted by molar-refractivity contribution is 4.96. The Bertz CT molecular complexity index is 150. The van der Waals surface area contributed by atoms with E-state index in [-0.39, 0.29) is 12.6 Å². The summed E-state index contributed by atoms with van der Waals surface area (Å²) >= 11 is 0. The molecular formula is C7H15NO4. The molecule has 1 heterocycles. The highest BCUT2D eigenvalue weighted by Gasteiger charge is 2.39. The molecular weight excluding hydrogens is 162 g/mol. The molecule has 0 aromatic rings. The van der Waals surface area contributed by atoms with Gasteiger partial charge in [-0.15, -0.1) is 0 Å². The zero-order valence-corrected chi connectivity index (χ0v) is 6.88. The van der Waals surface area contributed by atoms with E-state index in [4.69, 9.17) is 5.11 Å². The third-order valence-electron chi connectivity index (χ3n) is 2.30. The fourth-order valence-electron chi connectivity index (χ4n) is 1.43. The van der Waals surface area contributed by atoms with Crippen molar-refractivity contribution in [3.05, 3.63) is 0 Å². The molecule has 5 heteroatoms. The summed E-state index contributed by atoms with van der Waals surface area (Å²) in [6.45, 7) is 1.43. The van der Waals surface area contributed by atoms with E-state index in [0.717, 1.165) is 0 Å². The molecule has 1 fully saturated rings. The van der Waals surface area contributed by atoms with E-state index < -0.39 is 24.4 Å². The van der Waals surface area contributed by atoms with E-state index in [1.165, 1.54) is 0 Å². The maximum atomic E-state index is 9.29. The number of hydrogen-bond acceptors (Lipinski definition) is 5. The van der Waals surface area contributed by atoms with Crippen LogP contribution in [0.1, 0.15) is 6.92 Å². The van der Waals surface area contributed by atoms with Crippen LogP contribution in [0.5, 0.6) is 0 Å². The second-order valence-corrected chi connectivity index (χ2v) is 3.22. The van der Waals surface area contributed by atoms with Gasteiger partial charge in [0.25, 0.3) is 0 Å². The van der Waals surface area contributed by atoms with Crippen molar-refractivity contribution in [3.8, 4) is 0 Å². The van der Waals surface area contributed by atoms with Crippen LogP contribution in [-0.4, -0.2) is 57.4 Å². The molecule has 1 aliphatic rings. The second-order valence-electron chi connectivity index (χ2n) is 3.22. The minimum Gasteiger partial charge on any atom is -0.395 e. The van der Waals surface area contributed by atoms with Crippen molar-refractivity contribution in [2.24, 2.45) is 0 Å². The summed E-state index contributed by atoms with van der Waals surface area (Å²) in [4.78, 5) is 0. The topological polar surface area (TPSA) is 93.0 Å². The highest BCUT2D eigenvalue weighted by Crippen LogP contribution is 2.14. The van der Waals surface area contributed by atoms with Gasteiger partial charge in [0, 0.05) is 6.04 Å². The van der Waals surface area contributed by atoms with E-state index >= 15 is 0 Å². The largest absolute Gasteiger partial charge is 0.395 e. The van der Waals surface area contributed by atoms with Crippen molar-refractivity contribution < 1.29 is 20.4 Å². The molecule has 0 saturated carbocycles. The first-order chi connectivity index (χ1) is 5.57. The molecule has 5 nitrogen and oxygen atoms in total. The predicted octanol–water partition coefficient (Wildman–Crippen LogP) is -2.58. The summed E-state index contributed by atoms with van der Waals surface area (Å²) in [6, 6.07) is -0.876. The molecule has 1 saturated heterocycles. The molecule has 0 amide bonds. The third-order valence-corrected chi connectivity index (χ3v) is 2.30. The fourth-order valence-corrected chi connectivity index (χ4v) is 1.43. The van der Waals surface area contributed by atoms with Gasteiger partial charge in [-0.25, -0.2) is 0 Å². The first kappa shape index (κ1) is 9.88. The zero-order valence-electron chi connectivity index (χ0n) is 6.88. The molecule has 1 aliphatic heterocycles. The van der Waals surface area contributed by atoms with Gasteiger partial charge >= 0.3 is 0 Å². The maximum Gasteiger partial charge on any atom is 0.109 e. The lowest BCUT2D eigenvalue weighted by Gasteiger charge is -2.39. The van der Waals surface area contributed by atoms with Crippen LogP contribution < -0.4 is 5.32 Å². The summed E-state index contributed by atoms with van der Waals surface area (Å²) < 4.78 is 0. The quantitative estimate of drug-likeness (QED) is 0.303. The monoisotopic (exact) mass is 177 g/mol. The van der Waals surface area contributed by atoms with Crippen molar-refractivity contribution in [1.29, 1.82) is 0 Å². The summed E-state index contributed by atoms with van der Waals surface area (Å²) in [5.74, 6) is 0. The minimum atomic E-state index is -1.18. The summed E-state index contributed by atoms with van der Waals surface area (Å²) in [7, 11) is 0. The fraction of sp³-hybridized carbons (Fsp3) is 1.00. The van der Waals surface area contributed by atoms with E-state index in [2.05, 4.69) is 5.32 Å². The average Bonchev–Trinajstić information content (AvgIpc) is 2.08.